The minimum atomic E-state index is 0.251. The van der Waals surface area contributed by atoms with E-state index in [9.17, 15) is 4.79 Å². The van der Waals surface area contributed by atoms with Crippen LogP contribution in [-0.2, 0) is 4.79 Å². The zero-order valence-electron chi connectivity index (χ0n) is 10.2. The Morgan fingerprint density at radius 3 is 2.87 bits per heavy atom. The van der Waals surface area contributed by atoms with Crippen molar-refractivity contribution in [1.29, 1.82) is 0 Å². The topological polar surface area (TPSA) is 29.1 Å². The van der Waals surface area contributed by atoms with Gasteiger partial charge in [0.25, 0.3) is 0 Å². The smallest absolute Gasteiger partial charge is 0.146 e. The Balaban J connectivity index is 2.31. The van der Waals surface area contributed by atoms with E-state index < -0.39 is 0 Å². The molecule has 2 atom stereocenters. The molecule has 0 aromatic heterocycles. The van der Waals surface area contributed by atoms with Gasteiger partial charge in [0.15, 0.2) is 0 Å². The molecule has 0 aromatic rings. The van der Waals surface area contributed by atoms with Crippen molar-refractivity contribution in [1.82, 2.24) is 5.32 Å². The molecule has 0 saturated carbocycles. The Labute approximate surface area is 93.1 Å². The standard InChI is InChI=1S/C13H23NO/c1-4-12(15)9-14-10-13(3)7-5-11(2)6-8-13/h5,7,11,14H,4,6,8-10H2,1-3H3. The maximum Gasteiger partial charge on any atom is 0.146 e. The van der Waals surface area contributed by atoms with Gasteiger partial charge in [-0.15, -0.1) is 0 Å². The predicted octanol–water partition coefficient (Wildman–Crippen LogP) is 2.55. The molecule has 1 N–H and O–H groups in total. The first-order valence-electron chi connectivity index (χ1n) is 5.97. The zero-order chi connectivity index (χ0) is 11.3. The van der Waals surface area contributed by atoms with Gasteiger partial charge in [-0.2, -0.15) is 0 Å². The number of Topliss-reactive ketones (excluding diaryl/α,β-unsaturated/α-hetero) is 1. The quantitative estimate of drug-likeness (QED) is 0.705. The molecule has 1 aliphatic carbocycles. The Hall–Kier alpha value is -0.630. The highest BCUT2D eigenvalue weighted by atomic mass is 16.1. The third-order valence-electron chi connectivity index (χ3n) is 3.24. The monoisotopic (exact) mass is 209 g/mol. The van der Waals surface area contributed by atoms with Crippen LogP contribution in [0.3, 0.4) is 0 Å². The van der Waals surface area contributed by atoms with Gasteiger partial charge >= 0.3 is 0 Å². The Morgan fingerprint density at radius 2 is 2.33 bits per heavy atom. The molecule has 0 heterocycles. The van der Waals surface area contributed by atoms with Crippen molar-refractivity contribution in [3.05, 3.63) is 12.2 Å². The van der Waals surface area contributed by atoms with Crippen molar-refractivity contribution < 1.29 is 4.79 Å². The number of hydrogen-bond donors (Lipinski definition) is 1. The third kappa shape index (κ3) is 4.17. The number of rotatable bonds is 5. The largest absolute Gasteiger partial charge is 0.309 e. The summed E-state index contributed by atoms with van der Waals surface area (Å²) in [6.07, 6.45) is 7.72. The van der Waals surface area contributed by atoms with Gasteiger partial charge in [0.1, 0.15) is 5.78 Å². The van der Waals surface area contributed by atoms with Crippen LogP contribution in [0.15, 0.2) is 12.2 Å². The first kappa shape index (κ1) is 12.4. The lowest BCUT2D eigenvalue weighted by Crippen LogP contribution is -2.35. The van der Waals surface area contributed by atoms with E-state index in [4.69, 9.17) is 0 Å². The summed E-state index contributed by atoms with van der Waals surface area (Å²) < 4.78 is 0. The molecule has 0 saturated heterocycles. The highest BCUT2D eigenvalue weighted by Crippen LogP contribution is 2.31. The van der Waals surface area contributed by atoms with Gasteiger partial charge in [-0.25, -0.2) is 0 Å². The summed E-state index contributed by atoms with van der Waals surface area (Å²) in [5.74, 6) is 1.02. The summed E-state index contributed by atoms with van der Waals surface area (Å²) in [7, 11) is 0. The minimum Gasteiger partial charge on any atom is -0.309 e. The van der Waals surface area contributed by atoms with Crippen LogP contribution in [0.5, 0.6) is 0 Å². The third-order valence-corrected chi connectivity index (χ3v) is 3.24. The van der Waals surface area contributed by atoms with Gasteiger partial charge in [0.2, 0.25) is 0 Å². The van der Waals surface area contributed by atoms with Crippen LogP contribution in [0.4, 0.5) is 0 Å². The lowest BCUT2D eigenvalue weighted by molar-refractivity contribution is -0.118. The van der Waals surface area contributed by atoms with Crippen molar-refractivity contribution in [3.8, 4) is 0 Å². The molecular formula is C13H23NO. The van der Waals surface area contributed by atoms with Gasteiger partial charge in [-0.05, 0) is 24.2 Å². The molecule has 0 aliphatic heterocycles. The fourth-order valence-corrected chi connectivity index (χ4v) is 1.89. The van der Waals surface area contributed by atoms with Crippen LogP contribution in [0, 0.1) is 11.3 Å². The van der Waals surface area contributed by atoms with E-state index in [0.717, 1.165) is 12.5 Å². The summed E-state index contributed by atoms with van der Waals surface area (Å²) >= 11 is 0. The lowest BCUT2D eigenvalue weighted by atomic mass is 9.78. The molecule has 1 aliphatic rings. The number of ketones is 1. The van der Waals surface area contributed by atoms with E-state index in [0.29, 0.717) is 18.7 Å². The summed E-state index contributed by atoms with van der Waals surface area (Å²) in [5, 5.41) is 3.26. The average Bonchev–Trinajstić information content (AvgIpc) is 2.23. The van der Waals surface area contributed by atoms with Crippen LogP contribution in [-0.4, -0.2) is 18.9 Å². The van der Waals surface area contributed by atoms with Gasteiger partial charge in [0, 0.05) is 13.0 Å². The molecule has 15 heavy (non-hydrogen) atoms. The van der Waals surface area contributed by atoms with Gasteiger partial charge < -0.3 is 5.32 Å². The maximum absolute atomic E-state index is 11.1. The molecule has 0 fully saturated rings. The number of allylic oxidation sites excluding steroid dienone is 1. The van der Waals surface area contributed by atoms with Crippen molar-refractivity contribution in [2.75, 3.05) is 13.1 Å². The normalized spacial score (nSPS) is 30.5. The second kappa shape index (κ2) is 5.45. The Morgan fingerprint density at radius 1 is 1.60 bits per heavy atom. The van der Waals surface area contributed by atoms with Crippen LogP contribution in [0.1, 0.15) is 40.0 Å². The summed E-state index contributed by atoms with van der Waals surface area (Å²) in [5.41, 5.74) is 0.251. The molecule has 2 heteroatoms. The molecular weight excluding hydrogens is 186 g/mol. The van der Waals surface area contributed by atoms with E-state index in [2.05, 4.69) is 31.3 Å². The molecule has 0 amide bonds. The predicted molar refractivity (Wildman–Crippen MR) is 63.8 cm³/mol. The first-order chi connectivity index (χ1) is 7.06. The lowest BCUT2D eigenvalue weighted by Gasteiger charge is -2.31. The first-order valence-corrected chi connectivity index (χ1v) is 5.97. The number of carbonyl (C=O) groups is 1. The summed E-state index contributed by atoms with van der Waals surface area (Å²) in [4.78, 5) is 11.1. The second-order valence-electron chi connectivity index (χ2n) is 5.02. The molecule has 0 bridgehead atoms. The van der Waals surface area contributed by atoms with Crippen LogP contribution >= 0.6 is 0 Å². The van der Waals surface area contributed by atoms with Gasteiger partial charge in [0.05, 0.1) is 6.54 Å². The Bertz CT molecular complexity index is 247. The average molecular weight is 209 g/mol. The fourth-order valence-electron chi connectivity index (χ4n) is 1.89. The van der Waals surface area contributed by atoms with E-state index in [1.54, 1.807) is 0 Å². The van der Waals surface area contributed by atoms with Gasteiger partial charge in [-0.1, -0.05) is 32.9 Å². The molecule has 0 aromatic carbocycles. The van der Waals surface area contributed by atoms with Crippen LogP contribution < -0.4 is 5.32 Å². The maximum atomic E-state index is 11.1. The molecule has 2 unspecified atom stereocenters. The van der Waals surface area contributed by atoms with Crippen LogP contribution in [0.2, 0.25) is 0 Å². The summed E-state index contributed by atoms with van der Waals surface area (Å²) in [6, 6.07) is 0. The van der Waals surface area contributed by atoms with Crippen LogP contribution in [0.25, 0.3) is 0 Å². The van der Waals surface area contributed by atoms with E-state index in [-0.39, 0.29) is 5.41 Å². The van der Waals surface area contributed by atoms with Crippen molar-refractivity contribution >= 4 is 5.78 Å². The molecule has 2 nitrogen and oxygen atoms in total. The SMILES string of the molecule is CCC(=O)CNCC1(C)C=CC(C)CC1. The number of hydrogen-bond acceptors (Lipinski definition) is 2. The Kier molecular flexibility index (Phi) is 4.52. The van der Waals surface area contributed by atoms with E-state index in [1.165, 1.54) is 12.8 Å². The van der Waals surface area contributed by atoms with Crippen molar-refractivity contribution in [2.24, 2.45) is 11.3 Å². The summed E-state index contributed by atoms with van der Waals surface area (Å²) in [6.45, 7) is 7.87. The van der Waals surface area contributed by atoms with E-state index in [1.807, 2.05) is 6.92 Å². The zero-order valence-corrected chi connectivity index (χ0v) is 10.2. The molecule has 86 valence electrons. The molecule has 0 spiro atoms. The number of carbonyl (C=O) groups excluding carboxylic acids is 1. The molecule has 0 radical (unpaired) electrons. The fraction of sp³-hybridized carbons (Fsp3) is 0.769. The van der Waals surface area contributed by atoms with E-state index >= 15 is 0 Å². The minimum absolute atomic E-state index is 0.251. The highest BCUT2D eigenvalue weighted by molar-refractivity contribution is 5.80. The second-order valence-corrected chi connectivity index (χ2v) is 5.02. The number of nitrogens with one attached hydrogen (secondary N) is 1. The highest BCUT2D eigenvalue weighted by Gasteiger charge is 2.24. The van der Waals surface area contributed by atoms with Crippen molar-refractivity contribution in [3.63, 3.8) is 0 Å². The van der Waals surface area contributed by atoms with Gasteiger partial charge in [-0.3, -0.25) is 4.79 Å². The van der Waals surface area contributed by atoms with Crippen molar-refractivity contribution in [2.45, 2.75) is 40.0 Å². The molecule has 1 rings (SSSR count).